The minimum Gasteiger partial charge on any atom is -0.380 e. The van der Waals surface area contributed by atoms with Crippen LogP contribution >= 0.6 is 10.3 Å². The maximum absolute atomic E-state index is 12.5. The summed E-state index contributed by atoms with van der Waals surface area (Å²) in [6.07, 6.45) is 1.62. The molecular formula is C11H19F3O5S2. The highest BCUT2D eigenvalue weighted by Gasteiger charge is 2.51. The average molecular weight is 352 g/mol. The largest absolute Gasteiger partial charge is 0.523 e. The van der Waals surface area contributed by atoms with E-state index in [-0.39, 0.29) is 42.7 Å². The number of hydrogen-bond donors (Lipinski definition) is 0. The summed E-state index contributed by atoms with van der Waals surface area (Å²) in [4.78, 5) is 11.8. The molecule has 0 spiro atoms. The van der Waals surface area contributed by atoms with Crippen LogP contribution < -0.4 is 0 Å². The van der Waals surface area contributed by atoms with Crippen LogP contribution in [-0.2, 0) is 23.3 Å². The van der Waals surface area contributed by atoms with Crippen LogP contribution in [0.4, 0.5) is 13.2 Å². The highest BCUT2D eigenvalue weighted by atomic mass is 32.3. The van der Waals surface area contributed by atoms with Crippen LogP contribution in [0.3, 0.4) is 0 Å². The number of carbonyl (C=O) groups excluding carboxylic acids is 1. The van der Waals surface area contributed by atoms with Crippen molar-refractivity contribution in [1.82, 2.24) is 0 Å². The van der Waals surface area contributed by atoms with Gasteiger partial charge in [0.2, 0.25) is 0 Å². The minimum absolute atomic E-state index is 0.0280. The van der Waals surface area contributed by atoms with E-state index < -0.39 is 25.9 Å². The highest BCUT2D eigenvalue weighted by Crippen LogP contribution is 2.53. The van der Waals surface area contributed by atoms with E-state index in [4.69, 9.17) is 4.74 Å². The van der Waals surface area contributed by atoms with Crippen molar-refractivity contribution in [1.29, 1.82) is 0 Å². The van der Waals surface area contributed by atoms with Crippen LogP contribution in [-0.4, -0.2) is 50.2 Å². The molecule has 1 fully saturated rings. The lowest BCUT2D eigenvalue weighted by atomic mass is 10.2. The van der Waals surface area contributed by atoms with E-state index in [2.05, 4.69) is 3.63 Å². The van der Waals surface area contributed by atoms with Gasteiger partial charge in [-0.2, -0.15) is 21.6 Å². The molecule has 1 rings (SSSR count). The fourth-order valence-corrected chi connectivity index (χ4v) is 6.46. The molecular weight excluding hydrogens is 333 g/mol. The Kier molecular flexibility index (Phi) is 6.51. The molecule has 0 aromatic heterocycles. The van der Waals surface area contributed by atoms with E-state index in [1.807, 2.05) is 6.92 Å². The molecule has 0 N–H and O–H groups in total. The number of hydrogen-bond acceptors (Lipinski definition) is 5. The van der Waals surface area contributed by atoms with Crippen LogP contribution in [0.2, 0.25) is 0 Å². The van der Waals surface area contributed by atoms with Gasteiger partial charge in [-0.25, -0.2) is 3.63 Å². The number of unbranched alkanes of at least 4 members (excludes halogenated alkanes) is 1. The van der Waals surface area contributed by atoms with Crippen molar-refractivity contribution >= 4 is 26.2 Å². The first-order chi connectivity index (χ1) is 9.62. The Labute approximate surface area is 123 Å². The van der Waals surface area contributed by atoms with Crippen LogP contribution in [0, 0.1) is 0 Å². The molecule has 1 saturated heterocycles. The molecule has 21 heavy (non-hydrogen) atoms. The summed E-state index contributed by atoms with van der Waals surface area (Å²) in [5.41, 5.74) is -5.47. The maximum atomic E-state index is 12.5. The molecule has 0 bridgehead atoms. The zero-order valence-electron chi connectivity index (χ0n) is 11.6. The SMILES string of the molecule is CCCCC(=O)CS1(OS(=O)(=O)C(F)(F)F)CCOCC1. The lowest BCUT2D eigenvalue weighted by Crippen LogP contribution is -2.35. The predicted octanol–water partition coefficient (Wildman–Crippen LogP) is 2.36. The van der Waals surface area contributed by atoms with E-state index in [9.17, 15) is 26.4 Å². The fourth-order valence-electron chi connectivity index (χ4n) is 1.83. The molecule has 0 aromatic carbocycles. The number of alkyl halides is 3. The zero-order valence-corrected chi connectivity index (χ0v) is 13.3. The van der Waals surface area contributed by atoms with Gasteiger partial charge in [-0.3, -0.25) is 4.79 Å². The Bertz CT molecular complexity index is 455. The topological polar surface area (TPSA) is 69.7 Å². The number of rotatable bonds is 7. The van der Waals surface area contributed by atoms with Crippen LogP contribution in [0.1, 0.15) is 26.2 Å². The van der Waals surface area contributed by atoms with Crippen molar-refractivity contribution in [3.05, 3.63) is 0 Å². The number of ketones is 1. The van der Waals surface area contributed by atoms with E-state index in [1.165, 1.54) is 0 Å². The predicted molar refractivity (Wildman–Crippen MR) is 73.6 cm³/mol. The molecule has 1 heterocycles. The molecule has 0 aromatic rings. The van der Waals surface area contributed by atoms with Crippen molar-refractivity contribution in [2.75, 3.05) is 30.5 Å². The fraction of sp³-hybridized carbons (Fsp3) is 0.909. The Hall–Kier alpha value is -0.320. The smallest absolute Gasteiger partial charge is 0.380 e. The van der Waals surface area contributed by atoms with Gasteiger partial charge in [-0.05, 0) is 6.42 Å². The average Bonchev–Trinajstić information content (AvgIpc) is 2.35. The van der Waals surface area contributed by atoms with Gasteiger partial charge >= 0.3 is 15.6 Å². The molecule has 0 aliphatic carbocycles. The summed E-state index contributed by atoms with van der Waals surface area (Å²) < 4.78 is 69.5. The number of halogens is 3. The molecule has 0 atom stereocenters. The molecule has 126 valence electrons. The summed E-state index contributed by atoms with van der Waals surface area (Å²) in [5, 5.41) is 0. The number of Topliss-reactive ketones (excluding diaryl/α,β-unsaturated/α-hetero) is 1. The first kappa shape index (κ1) is 18.7. The summed E-state index contributed by atoms with van der Waals surface area (Å²) in [6, 6.07) is 0. The second-order valence-corrected chi connectivity index (χ2v) is 9.69. The number of ether oxygens (including phenoxy) is 1. The van der Waals surface area contributed by atoms with Gasteiger partial charge < -0.3 is 4.74 Å². The van der Waals surface area contributed by atoms with Crippen LogP contribution in [0.15, 0.2) is 0 Å². The first-order valence-electron chi connectivity index (χ1n) is 6.50. The third-order valence-corrected chi connectivity index (χ3v) is 8.06. The monoisotopic (exact) mass is 352 g/mol. The molecule has 10 heteroatoms. The summed E-state index contributed by atoms with van der Waals surface area (Å²) in [6.45, 7) is 2.09. The quantitative estimate of drug-likeness (QED) is 0.658. The van der Waals surface area contributed by atoms with Crippen molar-refractivity contribution in [3.8, 4) is 0 Å². The molecule has 0 amide bonds. The summed E-state index contributed by atoms with van der Waals surface area (Å²) >= 11 is 0. The molecule has 0 unspecified atom stereocenters. The van der Waals surface area contributed by atoms with Crippen molar-refractivity contribution in [2.45, 2.75) is 31.7 Å². The third-order valence-electron chi connectivity index (χ3n) is 2.95. The van der Waals surface area contributed by atoms with E-state index in [1.54, 1.807) is 0 Å². The summed E-state index contributed by atoms with van der Waals surface area (Å²) in [5.74, 6) is -0.461. The highest BCUT2D eigenvalue weighted by molar-refractivity contribution is 8.33. The van der Waals surface area contributed by atoms with Crippen molar-refractivity contribution < 1.29 is 34.7 Å². The van der Waals surface area contributed by atoms with Gasteiger partial charge in [0.1, 0.15) is 5.78 Å². The van der Waals surface area contributed by atoms with Gasteiger partial charge in [0, 0.05) is 17.9 Å². The number of carbonyl (C=O) groups is 1. The second-order valence-electron chi connectivity index (χ2n) is 4.74. The van der Waals surface area contributed by atoms with E-state index >= 15 is 0 Å². The Morgan fingerprint density at radius 3 is 2.33 bits per heavy atom. The van der Waals surface area contributed by atoms with Crippen LogP contribution in [0.5, 0.6) is 0 Å². The second kappa shape index (κ2) is 7.30. The lowest BCUT2D eigenvalue weighted by molar-refractivity contribution is -0.116. The van der Waals surface area contributed by atoms with Gasteiger partial charge in [0.05, 0.1) is 19.0 Å². The third kappa shape index (κ3) is 5.42. The standard InChI is InChI=1S/C11H19F3O5S2/c1-2-3-4-10(15)9-20(7-5-18-6-8-20)19-21(16,17)11(12,13)14/h2-9H2,1H3. The van der Waals surface area contributed by atoms with Gasteiger partial charge in [0.25, 0.3) is 0 Å². The van der Waals surface area contributed by atoms with E-state index in [0.29, 0.717) is 6.42 Å². The Morgan fingerprint density at radius 2 is 1.86 bits per heavy atom. The van der Waals surface area contributed by atoms with Crippen molar-refractivity contribution in [3.63, 3.8) is 0 Å². The Morgan fingerprint density at radius 1 is 1.29 bits per heavy atom. The molecule has 1 aliphatic rings. The van der Waals surface area contributed by atoms with E-state index in [0.717, 1.165) is 6.42 Å². The van der Waals surface area contributed by atoms with Gasteiger partial charge in [-0.15, -0.1) is 10.3 Å². The zero-order chi connectivity index (χ0) is 16.1. The normalized spacial score (nSPS) is 21.0. The van der Waals surface area contributed by atoms with Gasteiger partial charge in [0.15, 0.2) is 0 Å². The maximum Gasteiger partial charge on any atom is 0.523 e. The minimum atomic E-state index is -5.69. The molecule has 1 aliphatic heterocycles. The summed E-state index contributed by atoms with van der Waals surface area (Å²) in [7, 11) is -8.34. The molecule has 0 saturated carbocycles. The Balaban J connectivity index is 2.87. The molecule has 5 nitrogen and oxygen atoms in total. The van der Waals surface area contributed by atoms with Crippen LogP contribution in [0.25, 0.3) is 0 Å². The van der Waals surface area contributed by atoms with Gasteiger partial charge in [-0.1, -0.05) is 13.3 Å². The first-order valence-corrected chi connectivity index (χ1v) is 9.97. The molecule has 0 radical (unpaired) electrons. The lowest BCUT2D eigenvalue weighted by Gasteiger charge is -2.40. The van der Waals surface area contributed by atoms with Crippen molar-refractivity contribution in [2.24, 2.45) is 0 Å².